The van der Waals surface area contributed by atoms with Crippen molar-refractivity contribution in [1.82, 2.24) is 15.5 Å². The maximum atomic E-state index is 12.9. The minimum absolute atomic E-state index is 0.0127. The molecule has 0 radical (unpaired) electrons. The van der Waals surface area contributed by atoms with Crippen LogP contribution in [0.4, 0.5) is 9.18 Å². The van der Waals surface area contributed by atoms with Gasteiger partial charge in [-0.2, -0.15) is 0 Å². The smallest absolute Gasteiger partial charge is 0.317 e. The number of carbonyl (C=O) groups is 1. The highest BCUT2D eigenvalue weighted by Crippen LogP contribution is 2.27. The fourth-order valence-electron chi connectivity index (χ4n) is 2.47. The van der Waals surface area contributed by atoms with E-state index in [1.54, 1.807) is 23.9 Å². The Kier molecular flexibility index (Phi) is 5.72. The van der Waals surface area contributed by atoms with Crippen LogP contribution in [0.25, 0.3) is 0 Å². The van der Waals surface area contributed by atoms with Crippen molar-refractivity contribution in [1.29, 1.82) is 0 Å². The molecule has 0 aromatic heterocycles. The lowest BCUT2D eigenvalue weighted by Gasteiger charge is -2.27. The highest BCUT2D eigenvalue weighted by Gasteiger charge is 2.15. The molecule has 6 heteroatoms. The van der Waals surface area contributed by atoms with E-state index in [1.165, 1.54) is 12.1 Å². The number of urea groups is 1. The van der Waals surface area contributed by atoms with Gasteiger partial charge in [-0.15, -0.1) is 0 Å². The normalized spacial score (nSPS) is 14.5. The van der Waals surface area contributed by atoms with Crippen molar-refractivity contribution in [3.8, 4) is 0 Å². The van der Waals surface area contributed by atoms with Crippen molar-refractivity contribution in [2.75, 3.05) is 26.2 Å². The van der Waals surface area contributed by atoms with Gasteiger partial charge in [-0.05, 0) is 42.0 Å². The summed E-state index contributed by atoms with van der Waals surface area (Å²) >= 11 is 1.58. The number of hydrogen-bond acceptors (Lipinski definition) is 3. The van der Waals surface area contributed by atoms with Crippen LogP contribution in [0.1, 0.15) is 5.56 Å². The fraction of sp³-hybridized carbons (Fsp3) is 0.278. The highest BCUT2D eigenvalue weighted by atomic mass is 32.2. The summed E-state index contributed by atoms with van der Waals surface area (Å²) in [6.07, 6.45) is 0. The van der Waals surface area contributed by atoms with Crippen LogP contribution in [0.3, 0.4) is 0 Å². The van der Waals surface area contributed by atoms with Crippen molar-refractivity contribution in [2.24, 2.45) is 0 Å². The third kappa shape index (κ3) is 4.72. The summed E-state index contributed by atoms with van der Waals surface area (Å²) < 4.78 is 12.9. The second-order valence-corrected chi connectivity index (χ2v) is 6.74. The lowest BCUT2D eigenvalue weighted by Crippen LogP contribution is -2.50. The molecule has 0 spiro atoms. The Balaban J connectivity index is 1.50. The molecule has 0 aliphatic carbocycles. The number of amides is 2. The van der Waals surface area contributed by atoms with Crippen LogP contribution in [0, 0.1) is 5.82 Å². The molecular formula is C18H20FN3OS. The summed E-state index contributed by atoms with van der Waals surface area (Å²) in [4.78, 5) is 16.0. The molecule has 2 aromatic rings. The number of nitrogens with zero attached hydrogens (tertiary/aromatic N) is 1. The van der Waals surface area contributed by atoms with Crippen LogP contribution in [0.15, 0.2) is 58.3 Å². The van der Waals surface area contributed by atoms with Crippen LogP contribution >= 0.6 is 11.8 Å². The Morgan fingerprint density at radius 2 is 1.62 bits per heavy atom. The van der Waals surface area contributed by atoms with Crippen molar-refractivity contribution in [2.45, 2.75) is 16.3 Å². The number of carbonyl (C=O) groups excluding carboxylic acids is 1. The number of hydrogen-bond donors (Lipinski definition) is 2. The molecule has 126 valence electrons. The van der Waals surface area contributed by atoms with Crippen LogP contribution in [-0.4, -0.2) is 37.1 Å². The van der Waals surface area contributed by atoms with Gasteiger partial charge in [0, 0.05) is 42.5 Å². The maximum absolute atomic E-state index is 12.9. The van der Waals surface area contributed by atoms with Crippen molar-refractivity contribution in [3.63, 3.8) is 0 Å². The van der Waals surface area contributed by atoms with Gasteiger partial charge in [-0.1, -0.05) is 23.9 Å². The summed E-state index contributed by atoms with van der Waals surface area (Å²) in [7, 11) is 0. The summed E-state index contributed by atoms with van der Waals surface area (Å²) in [6, 6.07) is 14.5. The molecular weight excluding hydrogens is 325 g/mol. The topological polar surface area (TPSA) is 44.4 Å². The number of rotatable bonds is 4. The minimum atomic E-state index is -0.227. The van der Waals surface area contributed by atoms with E-state index in [2.05, 4.69) is 10.6 Å². The quantitative estimate of drug-likeness (QED) is 0.895. The lowest BCUT2D eigenvalue weighted by atomic mass is 10.2. The van der Waals surface area contributed by atoms with Gasteiger partial charge in [0.2, 0.25) is 0 Å². The summed E-state index contributed by atoms with van der Waals surface area (Å²) in [5.74, 6) is -0.227. The molecule has 1 heterocycles. The van der Waals surface area contributed by atoms with Gasteiger partial charge < -0.3 is 15.5 Å². The Hall–Kier alpha value is -2.05. The minimum Gasteiger partial charge on any atom is -0.334 e. The molecule has 1 saturated heterocycles. The molecule has 4 nitrogen and oxygen atoms in total. The predicted octanol–water partition coefficient (Wildman–Crippen LogP) is 3.09. The van der Waals surface area contributed by atoms with Gasteiger partial charge in [0.25, 0.3) is 0 Å². The second kappa shape index (κ2) is 8.17. The maximum Gasteiger partial charge on any atom is 0.317 e. The average Bonchev–Trinajstić information content (AvgIpc) is 2.63. The van der Waals surface area contributed by atoms with Crippen molar-refractivity contribution in [3.05, 3.63) is 59.9 Å². The Morgan fingerprint density at radius 3 is 2.25 bits per heavy atom. The Labute approximate surface area is 145 Å². The van der Waals surface area contributed by atoms with Crippen LogP contribution < -0.4 is 10.6 Å². The molecule has 1 aliphatic rings. The first-order chi connectivity index (χ1) is 11.7. The van der Waals surface area contributed by atoms with Crippen LogP contribution in [-0.2, 0) is 6.54 Å². The molecule has 0 saturated carbocycles. The first-order valence-corrected chi connectivity index (χ1v) is 8.78. The molecule has 2 amide bonds. The Morgan fingerprint density at radius 1 is 1.04 bits per heavy atom. The molecule has 2 aromatic carbocycles. The third-order valence-corrected chi connectivity index (χ3v) is 4.84. The molecule has 0 bridgehead atoms. The van der Waals surface area contributed by atoms with Crippen molar-refractivity contribution >= 4 is 17.8 Å². The fourth-order valence-corrected chi connectivity index (χ4v) is 3.29. The first-order valence-electron chi connectivity index (χ1n) is 7.96. The monoisotopic (exact) mass is 345 g/mol. The molecule has 2 N–H and O–H groups in total. The van der Waals surface area contributed by atoms with E-state index >= 15 is 0 Å². The van der Waals surface area contributed by atoms with E-state index in [9.17, 15) is 9.18 Å². The second-order valence-electron chi connectivity index (χ2n) is 5.60. The third-order valence-electron chi connectivity index (χ3n) is 3.82. The summed E-state index contributed by atoms with van der Waals surface area (Å²) in [6.45, 7) is 3.72. The number of nitrogens with one attached hydrogen (secondary N) is 2. The predicted molar refractivity (Wildman–Crippen MR) is 93.6 cm³/mol. The van der Waals surface area contributed by atoms with E-state index in [-0.39, 0.29) is 11.8 Å². The zero-order valence-corrected chi connectivity index (χ0v) is 14.1. The van der Waals surface area contributed by atoms with Gasteiger partial charge in [0.15, 0.2) is 0 Å². The molecule has 1 aliphatic heterocycles. The van der Waals surface area contributed by atoms with Gasteiger partial charge in [0.1, 0.15) is 5.82 Å². The molecule has 1 fully saturated rings. The molecule has 3 rings (SSSR count). The average molecular weight is 345 g/mol. The number of benzene rings is 2. The molecule has 0 atom stereocenters. The van der Waals surface area contributed by atoms with Gasteiger partial charge in [-0.25, -0.2) is 9.18 Å². The number of halogens is 1. The summed E-state index contributed by atoms with van der Waals surface area (Å²) in [5.41, 5.74) is 1.06. The van der Waals surface area contributed by atoms with Crippen LogP contribution in [0.5, 0.6) is 0 Å². The van der Waals surface area contributed by atoms with E-state index in [0.29, 0.717) is 6.54 Å². The van der Waals surface area contributed by atoms with Gasteiger partial charge >= 0.3 is 6.03 Å². The molecule has 24 heavy (non-hydrogen) atoms. The largest absolute Gasteiger partial charge is 0.334 e. The standard InChI is InChI=1S/C18H20FN3OS/c19-15-3-7-17(8-4-15)24-16-5-1-14(2-6-16)13-21-18(23)22-11-9-20-10-12-22/h1-8,20H,9-13H2,(H,21,23). The van der Waals surface area contributed by atoms with E-state index < -0.39 is 0 Å². The highest BCUT2D eigenvalue weighted by molar-refractivity contribution is 7.99. The van der Waals surface area contributed by atoms with E-state index in [0.717, 1.165) is 41.5 Å². The van der Waals surface area contributed by atoms with Gasteiger partial charge in [0.05, 0.1) is 0 Å². The SMILES string of the molecule is O=C(NCc1ccc(Sc2ccc(F)cc2)cc1)N1CCNCC1. The lowest BCUT2D eigenvalue weighted by molar-refractivity contribution is 0.190. The van der Waals surface area contributed by atoms with Gasteiger partial charge in [-0.3, -0.25) is 0 Å². The Bertz CT molecular complexity index is 670. The van der Waals surface area contributed by atoms with Crippen LogP contribution in [0.2, 0.25) is 0 Å². The number of piperazine rings is 1. The summed E-state index contributed by atoms with van der Waals surface area (Å²) in [5, 5.41) is 6.18. The van der Waals surface area contributed by atoms with E-state index in [1.807, 2.05) is 29.2 Å². The van der Waals surface area contributed by atoms with Crippen molar-refractivity contribution < 1.29 is 9.18 Å². The zero-order valence-electron chi connectivity index (χ0n) is 13.3. The molecule has 0 unspecified atom stereocenters. The van der Waals surface area contributed by atoms with E-state index in [4.69, 9.17) is 0 Å². The first kappa shape index (κ1) is 16.8. The zero-order chi connectivity index (χ0) is 16.8.